The first-order valence-corrected chi connectivity index (χ1v) is 10.9. The molecule has 192 valence electrons. The standard InChI is InChI=1S/C27H26N2O8/c1-34-22-15-17(16-23(35-2)27(22)37-4)9-10-19-11-13-21(30)26(36-3)25(19)28-24(31)14-12-18-7-5-6-8-20(18)29(32)33/h5-16,30H,1-4H3,(H,28,31)/b10-9?,14-12+. The van der Waals surface area contributed by atoms with Crippen LogP contribution in [0.5, 0.6) is 28.7 Å². The predicted octanol–water partition coefficient (Wildman–Crippen LogP) is 5.16. The van der Waals surface area contributed by atoms with Crippen LogP contribution in [0.2, 0.25) is 0 Å². The number of nitrogens with zero attached hydrogens (tertiary/aromatic N) is 1. The molecule has 0 aliphatic rings. The quantitative estimate of drug-likeness (QED) is 0.167. The summed E-state index contributed by atoms with van der Waals surface area (Å²) in [6.07, 6.45) is 5.98. The zero-order chi connectivity index (χ0) is 26.9. The SMILES string of the molecule is COc1cc(C=Cc2ccc(O)c(OC)c2NC(=O)/C=C/c2ccccc2[N+](=O)[O-])cc(OC)c1OC. The molecule has 1 amide bonds. The molecule has 3 aromatic rings. The number of aromatic hydroxyl groups is 1. The number of ether oxygens (including phenoxy) is 4. The number of amides is 1. The topological polar surface area (TPSA) is 129 Å². The molecule has 0 spiro atoms. The summed E-state index contributed by atoms with van der Waals surface area (Å²) in [7, 11) is 5.90. The van der Waals surface area contributed by atoms with Gasteiger partial charge in [0.05, 0.1) is 44.6 Å². The number of carbonyl (C=O) groups excluding carboxylic acids is 1. The van der Waals surface area contributed by atoms with E-state index in [-0.39, 0.29) is 28.4 Å². The van der Waals surface area contributed by atoms with Crippen LogP contribution in [0.15, 0.2) is 54.6 Å². The van der Waals surface area contributed by atoms with Crippen molar-refractivity contribution in [1.82, 2.24) is 0 Å². The Labute approximate surface area is 213 Å². The van der Waals surface area contributed by atoms with Gasteiger partial charge >= 0.3 is 0 Å². The summed E-state index contributed by atoms with van der Waals surface area (Å²) in [6, 6.07) is 12.6. The number of hydrogen-bond donors (Lipinski definition) is 2. The molecule has 0 unspecified atom stereocenters. The van der Waals surface area contributed by atoms with Gasteiger partial charge < -0.3 is 29.4 Å². The lowest BCUT2D eigenvalue weighted by Gasteiger charge is -2.14. The molecule has 0 radical (unpaired) electrons. The summed E-state index contributed by atoms with van der Waals surface area (Å²) in [5, 5.41) is 24.2. The largest absolute Gasteiger partial charge is 0.504 e. The van der Waals surface area contributed by atoms with Gasteiger partial charge in [-0.25, -0.2) is 0 Å². The van der Waals surface area contributed by atoms with Gasteiger partial charge in [-0.15, -0.1) is 0 Å². The smallest absolute Gasteiger partial charge is 0.276 e. The highest BCUT2D eigenvalue weighted by Crippen LogP contribution is 2.40. The Hall–Kier alpha value is -4.99. The molecule has 10 heteroatoms. The molecule has 2 N–H and O–H groups in total. The first-order valence-electron chi connectivity index (χ1n) is 10.9. The lowest BCUT2D eigenvalue weighted by molar-refractivity contribution is -0.385. The molecule has 3 rings (SSSR count). The van der Waals surface area contributed by atoms with Gasteiger partial charge in [-0.2, -0.15) is 0 Å². The van der Waals surface area contributed by atoms with Crippen LogP contribution in [0, 0.1) is 10.1 Å². The van der Waals surface area contributed by atoms with E-state index in [0.717, 1.165) is 5.56 Å². The van der Waals surface area contributed by atoms with Crippen molar-refractivity contribution in [2.24, 2.45) is 0 Å². The average Bonchev–Trinajstić information content (AvgIpc) is 2.91. The number of nitro groups is 1. The van der Waals surface area contributed by atoms with Gasteiger partial charge in [0.15, 0.2) is 23.0 Å². The van der Waals surface area contributed by atoms with Crippen molar-refractivity contribution >= 4 is 35.5 Å². The van der Waals surface area contributed by atoms with Crippen molar-refractivity contribution in [2.45, 2.75) is 0 Å². The third-order valence-electron chi connectivity index (χ3n) is 5.31. The number of carbonyl (C=O) groups is 1. The lowest BCUT2D eigenvalue weighted by Crippen LogP contribution is -2.10. The Balaban J connectivity index is 1.95. The summed E-state index contributed by atoms with van der Waals surface area (Å²) in [5.74, 6) is 0.693. The third kappa shape index (κ3) is 6.17. The van der Waals surface area contributed by atoms with E-state index in [2.05, 4.69) is 5.32 Å². The molecule has 10 nitrogen and oxygen atoms in total. The second-order valence-electron chi connectivity index (χ2n) is 7.51. The first kappa shape index (κ1) is 26.6. The number of anilines is 1. The van der Waals surface area contributed by atoms with E-state index in [0.29, 0.717) is 22.8 Å². The highest BCUT2D eigenvalue weighted by atomic mass is 16.6. The van der Waals surface area contributed by atoms with Crippen LogP contribution in [-0.2, 0) is 4.79 Å². The van der Waals surface area contributed by atoms with E-state index in [9.17, 15) is 20.0 Å². The average molecular weight is 507 g/mol. The highest BCUT2D eigenvalue weighted by Gasteiger charge is 2.16. The van der Waals surface area contributed by atoms with E-state index in [4.69, 9.17) is 18.9 Å². The molecule has 0 heterocycles. The highest BCUT2D eigenvalue weighted by molar-refractivity contribution is 6.05. The maximum Gasteiger partial charge on any atom is 0.276 e. The lowest BCUT2D eigenvalue weighted by atomic mass is 10.1. The van der Waals surface area contributed by atoms with Gasteiger partial charge in [0.1, 0.15) is 0 Å². The number of benzene rings is 3. The second kappa shape index (κ2) is 12.1. The van der Waals surface area contributed by atoms with Crippen molar-refractivity contribution < 1.29 is 33.8 Å². The minimum atomic E-state index is -0.579. The molecule has 0 bridgehead atoms. The normalized spacial score (nSPS) is 10.9. The van der Waals surface area contributed by atoms with Gasteiger partial charge in [0, 0.05) is 17.7 Å². The summed E-state index contributed by atoms with van der Waals surface area (Å²) >= 11 is 0. The van der Waals surface area contributed by atoms with Gasteiger partial charge in [-0.3, -0.25) is 14.9 Å². The number of rotatable bonds is 10. The summed E-state index contributed by atoms with van der Waals surface area (Å²) < 4.78 is 21.4. The summed E-state index contributed by atoms with van der Waals surface area (Å²) in [4.78, 5) is 23.4. The Kier molecular flexibility index (Phi) is 8.71. The number of phenolic OH excluding ortho intramolecular Hbond substituents is 1. The zero-order valence-electron chi connectivity index (χ0n) is 20.7. The predicted molar refractivity (Wildman–Crippen MR) is 140 cm³/mol. The van der Waals surface area contributed by atoms with E-state index in [1.165, 1.54) is 58.8 Å². The molecule has 0 aliphatic heterocycles. The number of phenols is 1. The van der Waals surface area contributed by atoms with Crippen LogP contribution in [0.3, 0.4) is 0 Å². The van der Waals surface area contributed by atoms with Crippen molar-refractivity contribution in [3.05, 3.63) is 81.4 Å². The van der Waals surface area contributed by atoms with Gasteiger partial charge in [-0.1, -0.05) is 24.3 Å². The molecule has 0 fully saturated rings. The second-order valence-corrected chi connectivity index (χ2v) is 7.51. The fourth-order valence-electron chi connectivity index (χ4n) is 3.57. The molecule has 0 aromatic heterocycles. The van der Waals surface area contributed by atoms with Crippen molar-refractivity contribution in [1.29, 1.82) is 0 Å². The number of nitro benzene ring substituents is 1. The van der Waals surface area contributed by atoms with E-state index in [1.807, 2.05) is 0 Å². The molecule has 0 aliphatic carbocycles. The maximum atomic E-state index is 12.7. The molecule has 0 atom stereocenters. The van der Waals surface area contributed by atoms with Crippen LogP contribution in [0.4, 0.5) is 11.4 Å². The zero-order valence-corrected chi connectivity index (χ0v) is 20.7. The van der Waals surface area contributed by atoms with E-state index >= 15 is 0 Å². The summed E-state index contributed by atoms with van der Waals surface area (Å²) in [6.45, 7) is 0. The Bertz CT molecular complexity index is 1340. The Morgan fingerprint density at radius 3 is 2.11 bits per heavy atom. The fraction of sp³-hybridized carbons (Fsp3) is 0.148. The fourth-order valence-corrected chi connectivity index (χ4v) is 3.57. The number of methoxy groups -OCH3 is 4. The maximum absolute atomic E-state index is 12.7. The monoisotopic (exact) mass is 506 g/mol. The Morgan fingerprint density at radius 2 is 1.51 bits per heavy atom. The summed E-state index contributed by atoms with van der Waals surface area (Å²) in [5.41, 5.74) is 1.60. The molecule has 0 saturated carbocycles. The molecular weight excluding hydrogens is 480 g/mol. The van der Waals surface area contributed by atoms with Crippen molar-refractivity contribution in [3.8, 4) is 28.7 Å². The number of hydrogen-bond acceptors (Lipinski definition) is 8. The van der Waals surface area contributed by atoms with Crippen LogP contribution in [-0.4, -0.2) is 44.4 Å². The van der Waals surface area contributed by atoms with Gasteiger partial charge in [-0.05, 0) is 42.0 Å². The third-order valence-corrected chi connectivity index (χ3v) is 5.31. The van der Waals surface area contributed by atoms with Crippen LogP contribution < -0.4 is 24.3 Å². The molecule has 37 heavy (non-hydrogen) atoms. The minimum absolute atomic E-state index is 0.0551. The van der Waals surface area contributed by atoms with Crippen molar-refractivity contribution in [2.75, 3.05) is 33.8 Å². The van der Waals surface area contributed by atoms with Crippen LogP contribution in [0.1, 0.15) is 16.7 Å². The first-order chi connectivity index (χ1) is 17.8. The van der Waals surface area contributed by atoms with Crippen LogP contribution >= 0.6 is 0 Å². The number of para-hydroxylation sites is 1. The molecular formula is C27H26N2O8. The van der Waals surface area contributed by atoms with Gasteiger partial charge in [0.25, 0.3) is 5.69 Å². The molecule has 0 saturated heterocycles. The minimum Gasteiger partial charge on any atom is -0.504 e. The van der Waals surface area contributed by atoms with Crippen LogP contribution in [0.25, 0.3) is 18.2 Å². The van der Waals surface area contributed by atoms with E-state index < -0.39 is 10.8 Å². The van der Waals surface area contributed by atoms with E-state index in [1.54, 1.807) is 42.5 Å². The molecule has 3 aromatic carbocycles. The Morgan fingerprint density at radius 1 is 0.865 bits per heavy atom. The number of nitrogens with one attached hydrogen (secondary N) is 1. The van der Waals surface area contributed by atoms with Gasteiger partial charge in [0.2, 0.25) is 11.7 Å². The van der Waals surface area contributed by atoms with Crippen molar-refractivity contribution in [3.63, 3.8) is 0 Å².